The lowest BCUT2D eigenvalue weighted by atomic mass is 10.2. The minimum Gasteiger partial charge on any atom is -0.486 e. The fourth-order valence-corrected chi connectivity index (χ4v) is 2.90. The maximum Gasteiger partial charge on any atom is 0.279 e. The Morgan fingerprint density at radius 2 is 2.00 bits per heavy atom. The zero-order valence-corrected chi connectivity index (χ0v) is 14.5. The minimum atomic E-state index is -0.362. The van der Waals surface area contributed by atoms with Crippen molar-refractivity contribution in [2.45, 2.75) is 6.54 Å². The lowest BCUT2D eigenvalue weighted by Gasteiger charge is -2.19. The molecule has 5 nitrogen and oxygen atoms in total. The van der Waals surface area contributed by atoms with Crippen molar-refractivity contribution in [2.75, 3.05) is 32.1 Å². The summed E-state index contributed by atoms with van der Waals surface area (Å²) >= 11 is 6.03. The molecule has 0 bridgehead atoms. The molecule has 0 aliphatic carbocycles. The highest BCUT2D eigenvalue weighted by Crippen LogP contribution is 2.32. The number of likely N-dealkylation sites (N-methyl/N-ethyl adjacent to an activating group) is 1. The van der Waals surface area contributed by atoms with E-state index < -0.39 is 0 Å². The molecule has 3 rings (SSSR count). The van der Waals surface area contributed by atoms with Crippen LogP contribution in [0.5, 0.6) is 11.5 Å². The Morgan fingerprint density at radius 3 is 2.76 bits per heavy atom. The van der Waals surface area contributed by atoms with Crippen molar-refractivity contribution in [3.05, 3.63) is 52.8 Å². The number of hydrogen-bond acceptors (Lipinski definition) is 3. The molecule has 132 valence electrons. The van der Waals surface area contributed by atoms with Gasteiger partial charge in [0, 0.05) is 11.8 Å². The predicted molar refractivity (Wildman–Crippen MR) is 92.9 cm³/mol. The van der Waals surface area contributed by atoms with Gasteiger partial charge in [-0.05, 0) is 24.3 Å². The fraction of sp³-hybridized carbons (Fsp3) is 0.278. The second-order valence-electron chi connectivity index (χ2n) is 5.92. The van der Waals surface area contributed by atoms with Crippen molar-refractivity contribution in [3.63, 3.8) is 0 Å². The van der Waals surface area contributed by atoms with Gasteiger partial charge in [0.25, 0.3) is 5.91 Å². The zero-order chi connectivity index (χ0) is 17.8. The standard InChI is InChI=1S/C18H18ClFN2O3/c1-22(10-13-14(19)3-2-4-15(13)20)11-18(23)21-12-5-6-16-17(9-12)25-8-7-24-16/h2-6,9H,7-8,10-11H2,1H3,(H,21,23)/p+1. The third-order valence-electron chi connectivity index (χ3n) is 3.83. The highest BCUT2D eigenvalue weighted by molar-refractivity contribution is 6.31. The van der Waals surface area contributed by atoms with Crippen LogP contribution >= 0.6 is 11.6 Å². The molecule has 25 heavy (non-hydrogen) atoms. The van der Waals surface area contributed by atoms with E-state index in [4.69, 9.17) is 21.1 Å². The van der Waals surface area contributed by atoms with Crippen LogP contribution in [0.1, 0.15) is 5.56 Å². The zero-order valence-electron chi connectivity index (χ0n) is 13.8. The molecular weight excluding hydrogens is 347 g/mol. The molecule has 1 aliphatic rings. The molecule has 1 unspecified atom stereocenters. The molecule has 7 heteroatoms. The van der Waals surface area contributed by atoms with Crippen LogP contribution in [0.2, 0.25) is 5.02 Å². The summed E-state index contributed by atoms with van der Waals surface area (Å²) < 4.78 is 24.8. The van der Waals surface area contributed by atoms with E-state index >= 15 is 0 Å². The first-order chi connectivity index (χ1) is 12.0. The number of carbonyl (C=O) groups is 1. The van der Waals surface area contributed by atoms with Gasteiger partial charge >= 0.3 is 0 Å². The van der Waals surface area contributed by atoms with Crippen molar-refractivity contribution in [1.82, 2.24) is 0 Å². The molecule has 1 aliphatic heterocycles. The van der Waals surface area contributed by atoms with Crippen LogP contribution in [0.4, 0.5) is 10.1 Å². The lowest BCUT2D eigenvalue weighted by molar-refractivity contribution is -0.885. The second-order valence-corrected chi connectivity index (χ2v) is 6.32. The summed E-state index contributed by atoms with van der Waals surface area (Å²) in [6.07, 6.45) is 0. The number of fused-ring (bicyclic) bond motifs is 1. The van der Waals surface area contributed by atoms with Crippen LogP contribution in [0.15, 0.2) is 36.4 Å². The number of halogens is 2. The third kappa shape index (κ3) is 4.41. The van der Waals surface area contributed by atoms with Gasteiger partial charge in [0.15, 0.2) is 18.0 Å². The van der Waals surface area contributed by atoms with Crippen LogP contribution < -0.4 is 19.7 Å². The number of rotatable bonds is 5. The summed E-state index contributed by atoms with van der Waals surface area (Å²) in [4.78, 5) is 13.0. The third-order valence-corrected chi connectivity index (χ3v) is 4.18. The number of benzene rings is 2. The Morgan fingerprint density at radius 1 is 1.24 bits per heavy atom. The molecular formula is C18H19ClFN2O3+. The van der Waals surface area contributed by atoms with Crippen molar-refractivity contribution in [3.8, 4) is 11.5 Å². The van der Waals surface area contributed by atoms with E-state index in [1.54, 1.807) is 30.3 Å². The first-order valence-corrected chi connectivity index (χ1v) is 8.34. The van der Waals surface area contributed by atoms with Gasteiger partial charge in [0.2, 0.25) is 0 Å². The Labute approximate surface area is 150 Å². The summed E-state index contributed by atoms with van der Waals surface area (Å²) in [5.41, 5.74) is 1.04. The van der Waals surface area contributed by atoms with Crippen LogP contribution in [0.25, 0.3) is 0 Å². The SMILES string of the molecule is C[NH+](CC(=O)Nc1ccc2c(c1)OCCO2)Cc1c(F)cccc1Cl. The van der Waals surface area contributed by atoms with Gasteiger partial charge in [0.1, 0.15) is 25.6 Å². The molecule has 0 aromatic heterocycles. The van der Waals surface area contributed by atoms with E-state index in [9.17, 15) is 9.18 Å². The molecule has 1 heterocycles. The Hall–Kier alpha value is -2.31. The molecule has 0 radical (unpaired) electrons. The number of hydrogen-bond donors (Lipinski definition) is 2. The minimum absolute atomic E-state index is 0.179. The molecule has 0 fully saturated rings. The summed E-state index contributed by atoms with van der Waals surface area (Å²) in [6.45, 7) is 1.51. The molecule has 1 atom stereocenters. The molecule has 0 saturated heterocycles. The monoisotopic (exact) mass is 365 g/mol. The lowest BCUT2D eigenvalue weighted by Crippen LogP contribution is -3.08. The summed E-state index contributed by atoms with van der Waals surface area (Å²) in [5, 5.41) is 3.18. The van der Waals surface area contributed by atoms with Crippen molar-refractivity contribution >= 4 is 23.2 Å². The number of nitrogens with one attached hydrogen (secondary N) is 2. The number of anilines is 1. The first-order valence-electron chi connectivity index (χ1n) is 7.96. The second kappa shape index (κ2) is 7.72. The van der Waals surface area contributed by atoms with Crippen LogP contribution in [-0.4, -0.2) is 32.7 Å². The van der Waals surface area contributed by atoms with E-state index in [1.807, 2.05) is 7.05 Å². The van der Waals surface area contributed by atoms with Gasteiger partial charge in [-0.15, -0.1) is 0 Å². The number of quaternary nitrogens is 1. The summed E-state index contributed by atoms with van der Waals surface area (Å²) in [6, 6.07) is 9.82. The average molecular weight is 366 g/mol. The molecule has 2 aromatic carbocycles. The Bertz CT molecular complexity index is 765. The Balaban J connectivity index is 1.59. The quantitative estimate of drug-likeness (QED) is 0.851. The normalized spacial score (nSPS) is 14.0. The van der Waals surface area contributed by atoms with Gasteiger partial charge in [-0.3, -0.25) is 4.79 Å². The predicted octanol–water partition coefficient (Wildman–Crippen LogP) is 1.90. The largest absolute Gasteiger partial charge is 0.486 e. The van der Waals surface area contributed by atoms with E-state index in [0.29, 0.717) is 47.5 Å². The van der Waals surface area contributed by atoms with Crippen LogP contribution in [0, 0.1) is 5.82 Å². The molecule has 1 amide bonds. The van der Waals surface area contributed by atoms with Crippen LogP contribution in [0.3, 0.4) is 0 Å². The van der Waals surface area contributed by atoms with E-state index in [0.717, 1.165) is 4.90 Å². The smallest absolute Gasteiger partial charge is 0.279 e. The first kappa shape index (κ1) is 17.5. The maximum absolute atomic E-state index is 13.8. The number of amides is 1. The number of carbonyl (C=O) groups excluding carboxylic acids is 1. The topological polar surface area (TPSA) is 52.0 Å². The molecule has 2 aromatic rings. The van der Waals surface area contributed by atoms with Crippen molar-refractivity contribution < 1.29 is 23.6 Å². The maximum atomic E-state index is 13.8. The van der Waals surface area contributed by atoms with Crippen LogP contribution in [-0.2, 0) is 11.3 Å². The fourth-order valence-electron chi connectivity index (χ4n) is 2.67. The summed E-state index contributed by atoms with van der Waals surface area (Å²) in [7, 11) is 1.81. The van der Waals surface area contributed by atoms with Crippen molar-refractivity contribution in [2.24, 2.45) is 0 Å². The van der Waals surface area contributed by atoms with Gasteiger partial charge < -0.3 is 19.7 Å². The average Bonchev–Trinajstić information content (AvgIpc) is 2.58. The van der Waals surface area contributed by atoms with Gasteiger partial charge in [-0.1, -0.05) is 17.7 Å². The van der Waals surface area contributed by atoms with Crippen molar-refractivity contribution in [1.29, 1.82) is 0 Å². The molecule has 2 N–H and O–H groups in total. The van der Waals surface area contributed by atoms with E-state index in [2.05, 4.69) is 5.32 Å². The molecule has 0 saturated carbocycles. The van der Waals surface area contributed by atoms with E-state index in [-0.39, 0.29) is 18.3 Å². The highest BCUT2D eigenvalue weighted by Gasteiger charge is 2.17. The van der Waals surface area contributed by atoms with Gasteiger partial charge in [-0.2, -0.15) is 0 Å². The van der Waals surface area contributed by atoms with E-state index in [1.165, 1.54) is 6.07 Å². The molecule has 0 spiro atoms. The highest BCUT2D eigenvalue weighted by atomic mass is 35.5. The Kier molecular flexibility index (Phi) is 5.40. The summed E-state index contributed by atoms with van der Waals surface area (Å²) in [5.74, 6) is 0.741. The van der Waals surface area contributed by atoms with Gasteiger partial charge in [0.05, 0.1) is 17.6 Å². The van der Waals surface area contributed by atoms with Gasteiger partial charge in [-0.25, -0.2) is 4.39 Å². The number of ether oxygens (including phenoxy) is 2.